The van der Waals surface area contributed by atoms with E-state index >= 15 is 0 Å². The zero-order chi connectivity index (χ0) is 8.85. The lowest BCUT2D eigenvalue weighted by atomic mass is 10.2. The van der Waals surface area contributed by atoms with Crippen molar-refractivity contribution < 1.29 is 4.39 Å². The lowest BCUT2D eigenvalue weighted by Gasteiger charge is -2.08. The van der Waals surface area contributed by atoms with Crippen molar-refractivity contribution in [2.24, 2.45) is 0 Å². The Hall–Kier alpha value is -1.05. The van der Waals surface area contributed by atoms with Gasteiger partial charge in [0.2, 0.25) is 0 Å². The fourth-order valence-corrected chi connectivity index (χ4v) is 0.642. The summed E-state index contributed by atoms with van der Waals surface area (Å²) in [7, 11) is 0. The van der Waals surface area contributed by atoms with E-state index in [1.165, 1.54) is 0 Å². The highest BCUT2D eigenvalue weighted by molar-refractivity contribution is 5.36. The van der Waals surface area contributed by atoms with Gasteiger partial charge in [-0.15, -0.1) is 0 Å². The Kier molecular flexibility index (Phi) is 4.27. The zero-order valence-corrected chi connectivity index (χ0v) is 7.24. The molecule has 0 atom stereocenters. The summed E-state index contributed by atoms with van der Waals surface area (Å²) in [6.07, 6.45) is 3.34. The Bertz CT molecular complexity index is 202. The van der Waals surface area contributed by atoms with Crippen LogP contribution in [0.2, 0.25) is 0 Å². The molecular formula is C9H14FN. The summed E-state index contributed by atoms with van der Waals surface area (Å²) in [5.74, 6) is -0.252. The van der Waals surface area contributed by atoms with Crippen LogP contribution < -0.4 is 5.32 Å². The normalized spacial score (nSPS) is 15.5. The van der Waals surface area contributed by atoms with Gasteiger partial charge < -0.3 is 5.32 Å². The minimum Gasteiger partial charge on any atom is -0.360 e. The van der Waals surface area contributed by atoms with Gasteiger partial charge in [0.15, 0.2) is 0 Å². The number of hydrogen-bond acceptors (Lipinski definition) is 1. The van der Waals surface area contributed by atoms with Crippen molar-refractivity contribution in [1.82, 2.24) is 5.32 Å². The third-order valence-electron chi connectivity index (χ3n) is 1.20. The number of nitrogens with one attached hydrogen (secondary N) is 1. The molecule has 0 spiro atoms. The molecule has 0 aliphatic carbocycles. The SMILES string of the molecule is C=C1NC=CC(C)=C1F.CC. The van der Waals surface area contributed by atoms with E-state index < -0.39 is 0 Å². The third kappa shape index (κ3) is 2.58. The van der Waals surface area contributed by atoms with Gasteiger partial charge in [-0.2, -0.15) is 0 Å². The summed E-state index contributed by atoms with van der Waals surface area (Å²) >= 11 is 0. The van der Waals surface area contributed by atoms with Crippen LogP contribution in [0.15, 0.2) is 36.0 Å². The second-order valence-corrected chi connectivity index (χ2v) is 1.95. The lowest BCUT2D eigenvalue weighted by molar-refractivity contribution is 0.625. The fourth-order valence-electron chi connectivity index (χ4n) is 0.642. The molecule has 11 heavy (non-hydrogen) atoms. The van der Waals surface area contributed by atoms with E-state index in [2.05, 4.69) is 11.9 Å². The first-order valence-electron chi connectivity index (χ1n) is 3.70. The fraction of sp³-hybridized carbons (Fsp3) is 0.333. The van der Waals surface area contributed by atoms with Crippen LogP contribution in [0, 0.1) is 0 Å². The topological polar surface area (TPSA) is 12.0 Å². The van der Waals surface area contributed by atoms with Gasteiger partial charge in [-0.3, -0.25) is 0 Å². The molecule has 0 radical (unpaired) electrons. The van der Waals surface area contributed by atoms with Crippen LogP contribution in [-0.4, -0.2) is 0 Å². The smallest absolute Gasteiger partial charge is 0.148 e. The Morgan fingerprint density at radius 3 is 2.36 bits per heavy atom. The Morgan fingerprint density at radius 1 is 1.45 bits per heavy atom. The molecule has 1 nitrogen and oxygen atoms in total. The van der Waals surface area contributed by atoms with Crippen LogP contribution in [0.1, 0.15) is 20.8 Å². The maximum absolute atomic E-state index is 12.6. The quantitative estimate of drug-likeness (QED) is 0.567. The number of allylic oxidation sites excluding steroid dienone is 3. The van der Waals surface area contributed by atoms with Gasteiger partial charge in [0.25, 0.3) is 0 Å². The van der Waals surface area contributed by atoms with Crippen molar-refractivity contribution in [2.45, 2.75) is 20.8 Å². The van der Waals surface area contributed by atoms with Crippen molar-refractivity contribution in [3.8, 4) is 0 Å². The molecule has 0 saturated carbocycles. The van der Waals surface area contributed by atoms with E-state index in [-0.39, 0.29) is 5.83 Å². The maximum atomic E-state index is 12.6. The third-order valence-corrected chi connectivity index (χ3v) is 1.20. The van der Waals surface area contributed by atoms with Crippen LogP contribution >= 0.6 is 0 Å². The second-order valence-electron chi connectivity index (χ2n) is 1.95. The molecule has 1 aliphatic heterocycles. The molecule has 1 heterocycles. The molecule has 0 aromatic carbocycles. The average molecular weight is 155 g/mol. The van der Waals surface area contributed by atoms with Crippen molar-refractivity contribution >= 4 is 0 Å². The summed E-state index contributed by atoms with van der Waals surface area (Å²) in [5, 5.41) is 2.65. The predicted octanol–water partition coefficient (Wildman–Crippen LogP) is 2.89. The predicted molar refractivity (Wildman–Crippen MR) is 46.6 cm³/mol. The molecule has 0 aromatic rings. The van der Waals surface area contributed by atoms with Crippen molar-refractivity contribution in [2.75, 3.05) is 0 Å². The van der Waals surface area contributed by atoms with Crippen LogP contribution in [0.25, 0.3) is 0 Å². The molecule has 0 bridgehead atoms. The van der Waals surface area contributed by atoms with Gasteiger partial charge in [-0.25, -0.2) is 4.39 Å². The highest BCUT2D eigenvalue weighted by Gasteiger charge is 2.05. The van der Waals surface area contributed by atoms with Gasteiger partial charge in [-0.1, -0.05) is 20.4 Å². The van der Waals surface area contributed by atoms with Crippen molar-refractivity contribution in [3.05, 3.63) is 36.0 Å². The summed E-state index contributed by atoms with van der Waals surface area (Å²) in [6.45, 7) is 9.16. The maximum Gasteiger partial charge on any atom is 0.148 e. The average Bonchev–Trinajstić information content (AvgIpc) is 2.04. The van der Waals surface area contributed by atoms with Crippen LogP contribution in [-0.2, 0) is 0 Å². The van der Waals surface area contributed by atoms with Gasteiger partial charge in [0.05, 0.1) is 5.70 Å². The summed E-state index contributed by atoms with van der Waals surface area (Å²) in [6, 6.07) is 0. The summed E-state index contributed by atoms with van der Waals surface area (Å²) < 4.78 is 12.6. The Labute approximate surface area is 67.3 Å². The molecule has 1 aliphatic rings. The summed E-state index contributed by atoms with van der Waals surface area (Å²) in [4.78, 5) is 0. The highest BCUT2D eigenvalue weighted by atomic mass is 19.1. The van der Waals surface area contributed by atoms with Crippen LogP contribution in [0.3, 0.4) is 0 Å². The highest BCUT2D eigenvalue weighted by Crippen LogP contribution is 2.16. The van der Waals surface area contributed by atoms with Gasteiger partial charge >= 0.3 is 0 Å². The molecule has 1 N–H and O–H groups in total. The number of hydrogen-bond donors (Lipinski definition) is 1. The molecule has 0 unspecified atom stereocenters. The molecule has 0 fully saturated rings. The van der Waals surface area contributed by atoms with Gasteiger partial charge in [-0.05, 0) is 18.6 Å². The van der Waals surface area contributed by atoms with E-state index in [1.807, 2.05) is 13.8 Å². The van der Waals surface area contributed by atoms with Gasteiger partial charge in [0, 0.05) is 6.20 Å². The first-order valence-corrected chi connectivity index (χ1v) is 3.70. The number of halogens is 1. The van der Waals surface area contributed by atoms with Crippen molar-refractivity contribution in [3.63, 3.8) is 0 Å². The van der Waals surface area contributed by atoms with E-state index in [1.54, 1.807) is 19.2 Å². The zero-order valence-electron chi connectivity index (χ0n) is 7.24. The first kappa shape index (κ1) is 9.95. The van der Waals surface area contributed by atoms with Gasteiger partial charge in [0.1, 0.15) is 5.83 Å². The molecule has 2 heteroatoms. The minimum absolute atomic E-state index is 0.252. The molecule has 0 aromatic heterocycles. The molecule has 0 saturated heterocycles. The Balaban J connectivity index is 0.000000461. The van der Waals surface area contributed by atoms with Crippen LogP contribution in [0.4, 0.5) is 4.39 Å². The van der Waals surface area contributed by atoms with E-state index in [4.69, 9.17) is 0 Å². The molecule has 0 amide bonds. The standard InChI is InChI=1S/C7H8FN.C2H6/c1-5-3-4-9-6(2)7(5)8;1-2/h3-4,9H,2H2,1H3;1-2H3. The van der Waals surface area contributed by atoms with Crippen LogP contribution in [0.5, 0.6) is 0 Å². The number of rotatable bonds is 0. The molecule has 1 rings (SSSR count). The van der Waals surface area contributed by atoms with E-state index in [0.29, 0.717) is 11.3 Å². The minimum atomic E-state index is -0.252. The van der Waals surface area contributed by atoms with E-state index in [9.17, 15) is 4.39 Å². The molecular weight excluding hydrogens is 141 g/mol. The summed E-state index contributed by atoms with van der Waals surface area (Å²) in [5.41, 5.74) is 0.966. The first-order chi connectivity index (χ1) is 5.22. The largest absolute Gasteiger partial charge is 0.360 e. The Morgan fingerprint density at radius 2 is 2.00 bits per heavy atom. The molecule has 62 valence electrons. The van der Waals surface area contributed by atoms with Crippen molar-refractivity contribution in [1.29, 1.82) is 0 Å². The monoisotopic (exact) mass is 155 g/mol. The number of dihydropyridines is 1. The second kappa shape index (κ2) is 4.72. The lowest BCUT2D eigenvalue weighted by Crippen LogP contribution is -2.08. The van der Waals surface area contributed by atoms with E-state index in [0.717, 1.165) is 0 Å².